The van der Waals surface area contributed by atoms with E-state index in [-0.39, 0.29) is 24.7 Å². The molecule has 2 atom stereocenters. The number of hydrogen-bond acceptors (Lipinski definition) is 1. The topological polar surface area (TPSA) is 29.1 Å². The molecule has 0 aromatic carbocycles. The minimum absolute atomic E-state index is 0.0215. The van der Waals surface area contributed by atoms with Crippen LogP contribution < -0.4 is 5.32 Å². The van der Waals surface area contributed by atoms with Crippen LogP contribution in [0, 0.1) is 17.8 Å². The van der Waals surface area contributed by atoms with Gasteiger partial charge in [0.25, 0.3) is 0 Å². The molecule has 1 N–H and O–H groups in total. The molecule has 2 nitrogen and oxygen atoms in total. The Bertz CT molecular complexity index is 300. The number of carbonyl (C=O) groups is 1. The molecule has 0 spiro atoms. The predicted octanol–water partition coefficient (Wildman–Crippen LogP) is 2.34. The van der Waals surface area contributed by atoms with Gasteiger partial charge in [-0.05, 0) is 37.0 Å². The van der Waals surface area contributed by atoms with Crippen molar-refractivity contribution in [3.8, 4) is 0 Å². The summed E-state index contributed by atoms with van der Waals surface area (Å²) in [5.74, 6) is -0.922. The zero-order chi connectivity index (χ0) is 11.3. The van der Waals surface area contributed by atoms with Gasteiger partial charge in [-0.25, -0.2) is 8.78 Å². The van der Waals surface area contributed by atoms with Gasteiger partial charge in [0.15, 0.2) is 0 Å². The summed E-state index contributed by atoms with van der Waals surface area (Å²) in [5, 5.41) is 2.98. The van der Waals surface area contributed by atoms with Crippen LogP contribution in [-0.2, 0) is 4.79 Å². The van der Waals surface area contributed by atoms with Crippen molar-refractivity contribution in [2.24, 2.45) is 17.8 Å². The summed E-state index contributed by atoms with van der Waals surface area (Å²) in [5.41, 5.74) is 0. The fraction of sp³-hybridized carbons (Fsp3) is 0.917. The van der Waals surface area contributed by atoms with Crippen LogP contribution in [0.2, 0.25) is 0 Å². The molecule has 0 aromatic rings. The van der Waals surface area contributed by atoms with Crippen LogP contribution in [-0.4, -0.2) is 17.9 Å². The quantitative estimate of drug-likeness (QED) is 0.790. The van der Waals surface area contributed by atoms with Gasteiger partial charge in [-0.15, -0.1) is 0 Å². The van der Waals surface area contributed by atoms with Crippen LogP contribution in [0.25, 0.3) is 0 Å². The first-order valence-corrected chi connectivity index (χ1v) is 6.19. The molecule has 16 heavy (non-hydrogen) atoms. The second-order valence-corrected chi connectivity index (χ2v) is 5.83. The Labute approximate surface area is 93.8 Å². The summed E-state index contributed by atoms with van der Waals surface area (Å²) < 4.78 is 25.1. The van der Waals surface area contributed by atoms with Gasteiger partial charge in [0.05, 0.1) is 0 Å². The van der Waals surface area contributed by atoms with E-state index in [9.17, 15) is 13.6 Å². The van der Waals surface area contributed by atoms with E-state index in [2.05, 4.69) is 5.32 Å². The number of rotatable bonds is 3. The summed E-state index contributed by atoms with van der Waals surface area (Å²) in [6.45, 7) is 0. The lowest BCUT2D eigenvalue weighted by atomic mass is 9.79. The molecule has 0 saturated heterocycles. The highest BCUT2D eigenvalue weighted by molar-refractivity contribution is 5.76. The van der Waals surface area contributed by atoms with Crippen molar-refractivity contribution < 1.29 is 13.6 Å². The average molecular weight is 229 g/mol. The van der Waals surface area contributed by atoms with Gasteiger partial charge in [0, 0.05) is 25.3 Å². The van der Waals surface area contributed by atoms with E-state index < -0.39 is 5.92 Å². The van der Waals surface area contributed by atoms with Crippen molar-refractivity contribution in [1.29, 1.82) is 0 Å². The van der Waals surface area contributed by atoms with E-state index in [1.807, 2.05) is 0 Å². The Morgan fingerprint density at radius 2 is 1.81 bits per heavy atom. The first-order valence-electron chi connectivity index (χ1n) is 6.19. The molecule has 3 aliphatic carbocycles. The smallest absolute Gasteiger partial charge is 0.248 e. The summed E-state index contributed by atoms with van der Waals surface area (Å²) in [7, 11) is 0. The summed E-state index contributed by atoms with van der Waals surface area (Å²) in [4.78, 5) is 11.6. The van der Waals surface area contributed by atoms with Crippen molar-refractivity contribution >= 4 is 5.91 Å². The molecule has 0 aliphatic heterocycles. The fourth-order valence-corrected chi connectivity index (χ4v) is 3.31. The van der Waals surface area contributed by atoms with Crippen molar-refractivity contribution in [3.63, 3.8) is 0 Å². The van der Waals surface area contributed by atoms with Crippen LogP contribution in [0.15, 0.2) is 0 Å². The Morgan fingerprint density at radius 3 is 2.38 bits per heavy atom. The molecule has 0 heterocycles. The van der Waals surface area contributed by atoms with Crippen LogP contribution >= 0.6 is 0 Å². The number of alkyl halides is 2. The highest BCUT2D eigenvalue weighted by atomic mass is 19.3. The maximum Gasteiger partial charge on any atom is 0.248 e. The molecule has 4 heteroatoms. The molecular weight excluding hydrogens is 212 g/mol. The van der Waals surface area contributed by atoms with Gasteiger partial charge in [-0.2, -0.15) is 0 Å². The summed E-state index contributed by atoms with van der Waals surface area (Å²) in [6.07, 6.45) is 3.64. The first-order chi connectivity index (χ1) is 7.52. The minimum Gasteiger partial charge on any atom is -0.353 e. The molecule has 0 aromatic heterocycles. The number of halogens is 2. The monoisotopic (exact) mass is 229 g/mol. The summed E-state index contributed by atoms with van der Waals surface area (Å²) >= 11 is 0. The molecule has 3 aliphatic rings. The van der Waals surface area contributed by atoms with Gasteiger partial charge in [0.2, 0.25) is 11.8 Å². The largest absolute Gasteiger partial charge is 0.353 e. The third-order valence-corrected chi connectivity index (χ3v) is 4.26. The van der Waals surface area contributed by atoms with Gasteiger partial charge < -0.3 is 5.32 Å². The van der Waals surface area contributed by atoms with Gasteiger partial charge in [-0.3, -0.25) is 4.79 Å². The molecule has 0 bridgehead atoms. The fourth-order valence-electron chi connectivity index (χ4n) is 3.31. The van der Waals surface area contributed by atoms with Crippen LogP contribution in [0.1, 0.15) is 38.5 Å². The molecule has 2 unspecified atom stereocenters. The number of hydrogen-bond donors (Lipinski definition) is 1. The van der Waals surface area contributed by atoms with Gasteiger partial charge >= 0.3 is 0 Å². The Hall–Kier alpha value is -0.670. The standard InChI is InChI=1S/C12H17F2NO/c13-12(14)5-7(6-12)1-11(16)15-10-3-8-2-9(8)4-10/h7-10H,1-6H2,(H,15,16). The number of carbonyl (C=O) groups excluding carboxylic acids is 1. The normalized spacial score (nSPS) is 40.0. The van der Waals surface area contributed by atoms with Gasteiger partial charge in [-0.1, -0.05) is 0 Å². The maximum absolute atomic E-state index is 12.6. The zero-order valence-electron chi connectivity index (χ0n) is 9.22. The van der Waals surface area contributed by atoms with E-state index in [1.54, 1.807) is 0 Å². The lowest BCUT2D eigenvalue weighted by Crippen LogP contribution is -2.41. The summed E-state index contributed by atoms with van der Waals surface area (Å²) in [6, 6.07) is 0.330. The average Bonchev–Trinajstić information content (AvgIpc) is 2.71. The molecule has 1 amide bonds. The van der Waals surface area contributed by atoms with Crippen molar-refractivity contribution in [1.82, 2.24) is 5.32 Å². The van der Waals surface area contributed by atoms with Crippen LogP contribution in [0.3, 0.4) is 0 Å². The molecule has 3 rings (SSSR count). The maximum atomic E-state index is 12.6. The van der Waals surface area contributed by atoms with E-state index in [1.165, 1.54) is 6.42 Å². The van der Waals surface area contributed by atoms with E-state index >= 15 is 0 Å². The highest BCUT2D eigenvalue weighted by Crippen LogP contribution is 2.51. The Kier molecular flexibility index (Phi) is 2.23. The highest BCUT2D eigenvalue weighted by Gasteiger charge is 2.48. The molecule has 3 saturated carbocycles. The third-order valence-electron chi connectivity index (χ3n) is 4.26. The SMILES string of the molecule is O=C(CC1CC(F)(F)C1)NC1CC2CC2C1. The molecule has 90 valence electrons. The molecular formula is C12H17F2NO. The number of amides is 1. The van der Waals surface area contributed by atoms with E-state index in [0.29, 0.717) is 12.5 Å². The lowest BCUT2D eigenvalue weighted by Gasteiger charge is -2.34. The minimum atomic E-state index is -2.50. The van der Waals surface area contributed by atoms with Crippen molar-refractivity contribution in [3.05, 3.63) is 0 Å². The predicted molar refractivity (Wildman–Crippen MR) is 55.0 cm³/mol. The van der Waals surface area contributed by atoms with Crippen LogP contribution in [0.5, 0.6) is 0 Å². The van der Waals surface area contributed by atoms with E-state index in [4.69, 9.17) is 0 Å². The second-order valence-electron chi connectivity index (χ2n) is 5.83. The second kappa shape index (κ2) is 3.41. The molecule has 3 fully saturated rings. The number of nitrogens with one attached hydrogen (secondary N) is 1. The Balaban J connectivity index is 1.38. The lowest BCUT2D eigenvalue weighted by molar-refractivity contribution is -0.134. The Morgan fingerprint density at radius 1 is 1.19 bits per heavy atom. The zero-order valence-corrected chi connectivity index (χ0v) is 9.22. The molecule has 0 radical (unpaired) electrons. The van der Waals surface area contributed by atoms with Crippen LogP contribution in [0.4, 0.5) is 8.78 Å². The van der Waals surface area contributed by atoms with Crippen molar-refractivity contribution in [2.75, 3.05) is 0 Å². The number of fused-ring (bicyclic) bond motifs is 1. The van der Waals surface area contributed by atoms with Gasteiger partial charge in [0.1, 0.15) is 0 Å². The van der Waals surface area contributed by atoms with E-state index in [0.717, 1.165) is 24.7 Å². The van der Waals surface area contributed by atoms with Crippen molar-refractivity contribution in [2.45, 2.75) is 50.5 Å². The first kappa shape index (κ1) is 10.5. The third kappa shape index (κ3) is 2.06.